The molecule has 3 aromatic rings. The number of aromatic nitrogens is 1. The van der Waals surface area contributed by atoms with Crippen LogP contribution in [0.5, 0.6) is 0 Å². The van der Waals surface area contributed by atoms with E-state index in [0.29, 0.717) is 6.54 Å². The SMILES string of the molecule is Clc1ccsc1CNCc1ncoc1-c1ccccc1. The van der Waals surface area contributed by atoms with Crippen molar-refractivity contribution in [2.24, 2.45) is 0 Å². The molecule has 0 bridgehead atoms. The molecule has 3 rings (SSSR count). The number of hydrogen-bond donors (Lipinski definition) is 1. The summed E-state index contributed by atoms with van der Waals surface area (Å²) < 4.78 is 5.49. The Bertz CT molecular complexity index is 678. The van der Waals surface area contributed by atoms with Crippen LogP contribution in [0.3, 0.4) is 0 Å². The molecule has 0 spiro atoms. The van der Waals surface area contributed by atoms with Crippen LogP contribution in [0.15, 0.2) is 52.6 Å². The number of halogens is 1. The van der Waals surface area contributed by atoms with E-state index in [1.807, 2.05) is 41.8 Å². The maximum absolute atomic E-state index is 6.06. The van der Waals surface area contributed by atoms with Gasteiger partial charge < -0.3 is 9.73 Å². The molecule has 102 valence electrons. The first kappa shape index (κ1) is 13.4. The van der Waals surface area contributed by atoms with Crippen LogP contribution < -0.4 is 5.32 Å². The zero-order valence-electron chi connectivity index (χ0n) is 10.7. The lowest BCUT2D eigenvalue weighted by molar-refractivity contribution is 0.569. The van der Waals surface area contributed by atoms with Crippen molar-refractivity contribution in [1.29, 1.82) is 0 Å². The van der Waals surface area contributed by atoms with E-state index in [1.165, 1.54) is 6.39 Å². The first-order valence-corrected chi connectivity index (χ1v) is 7.50. The van der Waals surface area contributed by atoms with Gasteiger partial charge in [-0.3, -0.25) is 0 Å². The monoisotopic (exact) mass is 304 g/mol. The Labute approximate surface area is 126 Å². The first-order valence-electron chi connectivity index (χ1n) is 6.25. The molecule has 0 fully saturated rings. The number of thiophene rings is 1. The van der Waals surface area contributed by atoms with Gasteiger partial charge in [-0.1, -0.05) is 41.9 Å². The Morgan fingerprint density at radius 3 is 2.75 bits per heavy atom. The van der Waals surface area contributed by atoms with Crippen molar-refractivity contribution < 1.29 is 4.42 Å². The minimum absolute atomic E-state index is 0.648. The van der Waals surface area contributed by atoms with Crippen LogP contribution in [0, 0.1) is 0 Å². The third kappa shape index (κ3) is 2.93. The minimum Gasteiger partial charge on any atom is -0.443 e. The molecule has 0 saturated carbocycles. The van der Waals surface area contributed by atoms with Crippen LogP contribution in [0.4, 0.5) is 0 Å². The third-order valence-corrected chi connectivity index (χ3v) is 4.33. The molecule has 0 aliphatic rings. The van der Waals surface area contributed by atoms with Crippen LogP contribution in [0.25, 0.3) is 11.3 Å². The van der Waals surface area contributed by atoms with E-state index in [0.717, 1.165) is 33.5 Å². The van der Waals surface area contributed by atoms with Crippen LogP contribution >= 0.6 is 22.9 Å². The summed E-state index contributed by atoms with van der Waals surface area (Å²) in [7, 11) is 0. The van der Waals surface area contributed by atoms with Crippen molar-refractivity contribution in [2.75, 3.05) is 0 Å². The van der Waals surface area contributed by atoms with E-state index >= 15 is 0 Å². The van der Waals surface area contributed by atoms with Gasteiger partial charge in [0.1, 0.15) is 5.69 Å². The highest BCUT2D eigenvalue weighted by Gasteiger charge is 2.10. The third-order valence-electron chi connectivity index (χ3n) is 2.95. The molecule has 1 N–H and O–H groups in total. The summed E-state index contributed by atoms with van der Waals surface area (Å²) in [5.41, 5.74) is 1.94. The summed E-state index contributed by atoms with van der Waals surface area (Å²) in [5, 5.41) is 6.15. The zero-order chi connectivity index (χ0) is 13.8. The topological polar surface area (TPSA) is 38.1 Å². The highest BCUT2D eigenvalue weighted by molar-refractivity contribution is 7.10. The Morgan fingerprint density at radius 1 is 1.15 bits per heavy atom. The van der Waals surface area contributed by atoms with Gasteiger partial charge in [0.15, 0.2) is 12.2 Å². The molecule has 0 radical (unpaired) electrons. The second-order valence-electron chi connectivity index (χ2n) is 4.29. The number of rotatable bonds is 5. The van der Waals surface area contributed by atoms with E-state index in [-0.39, 0.29) is 0 Å². The normalized spacial score (nSPS) is 10.8. The van der Waals surface area contributed by atoms with Gasteiger partial charge in [0.2, 0.25) is 0 Å². The van der Waals surface area contributed by atoms with Crippen molar-refractivity contribution in [1.82, 2.24) is 10.3 Å². The van der Waals surface area contributed by atoms with Gasteiger partial charge >= 0.3 is 0 Å². The molecule has 2 heterocycles. The molecule has 0 saturated heterocycles. The molecule has 1 aromatic carbocycles. The van der Waals surface area contributed by atoms with Crippen molar-refractivity contribution in [3.63, 3.8) is 0 Å². The van der Waals surface area contributed by atoms with E-state index in [2.05, 4.69) is 10.3 Å². The van der Waals surface area contributed by atoms with E-state index in [9.17, 15) is 0 Å². The van der Waals surface area contributed by atoms with Gasteiger partial charge in [-0.15, -0.1) is 11.3 Å². The molecular formula is C15H13ClN2OS. The summed E-state index contributed by atoms with van der Waals surface area (Å²) >= 11 is 7.71. The lowest BCUT2D eigenvalue weighted by Gasteiger charge is -2.03. The van der Waals surface area contributed by atoms with Crippen molar-refractivity contribution >= 4 is 22.9 Å². The lowest BCUT2D eigenvalue weighted by atomic mass is 10.1. The molecule has 3 nitrogen and oxygen atoms in total. The number of nitrogens with one attached hydrogen (secondary N) is 1. The fourth-order valence-electron chi connectivity index (χ4n) is 1.97. The van der Waals surface area contributed by atoms with Gasteiger partial charge in [0.25, 0.3) is 0 Å². The molecule has 20 heavy (non-hydrogen) atoms. The molecule has 0 unspecified atom stereocenters. The zero-order valence-corrected chi connectivity index (χ0v) is 12.2. The van der Waals surface area contributed by atoms with Gasteiger partial charge in [0, 0.05) is 23.5 Å². The molecule has 0 aliphatic heterocycles. The van der Waals surface area contributed by atoms with Crippen molar-refractivity contribution in [2.45, 2.75) is 13.1 Å². The van der Waals surface area contributed by atoms with Gasteiger partial charge in [-0.25, -0.2) is 4.98 Å². The lowest BCUT2D eigenvalue weighted by Crippen LogP contribution is -2.12. The number of benzene rings is 1. The van der Waals surface area contributed by atoms with Crippen molar-refractivity contribution in [3.8, 4) is 11.3 Å². The van der Waals surface area contributed by atoms with Gasteiger partial charge in [0.05, 0.1) is 5.02 Å². The van der Waals surface area contributed by atoms with E-state index in [1.54, 1.807) is 11.3 Å². The molecular weight excluding hydrogens is 292 g/mol. The van der Waals surface area contributed by atoms with Crippen LogP contribution in [0.1, 0.15) is 10.6 Å². The number of hydrogen-bond acceptors (Lipinski definition) is 4. The Morgan fingerprint density at radius 2 is 2.00 bits per heavy atom. The van der Waals surface area contributed by atoms with Crippen LogP contribution in [-0.2, 0) is 13.1 Å². The second-order valence-corrected chi connectivity index (χ2v) is 5.70. The quantitative estimate of drug-likeness (QED) is 0.761. The van der Waals surface area contributed by atoms with E-state index < -0.39 is 0 Å². The average Bonchev–Trinajstić information content (AvgIpc) is 3.10. The summed E-state index contributed by atoms with van der Waals surface area (Å²) in [6.07, 6.45) is 1.48. The summed E-state index contributed by atoms with van der Waals surface area (Å²) in [5.74, 6) is 0.815. The molecule has 5 heteroatoms. The maximum Gasteiger partial charge on any atom is 0.181 e. The fourth-order valence-corrected chi connectivity index (χ4v) is 3.04. The smallest absolute Gasteiger partial charge is 0.181 e. The Kier molecular flexibility index (Phi) is 4.16. The average molecular weight is 305 g/mol. The van der Waals surface area contributed by atoms with Gasteiger partial charge in [-0.05, 0) is 11.4 Å². The standard InChI is InChI=1S/C15H13ClN2OS/c16-12-6-7-20-14(12)9-17-8-13-15(19-10-18-13)11-4-2-1-3-5-11/h1-7,10,17H,8-9H2. The fraction of sp³-hybridized carbons (Fsp3) is 0.133. The predicted octanol–water partition coefficient (Wildman–Crippen LogP) is 4.35. The highest BCUT2D eigenvalue weighted by atomic mass is 35.5. The molecule has 0 aliphatic carbocycles. The largest absolute Gasteiger partial charge is 0.443 e. The molecule has 0 amide bonds. The maximum atomic E-state index is 6.06. The van der Waals surface area contributed by atoms with E-state index in [4.69, 9.17) is 16.0 Å². The van der Waals surface area contributed by atoms with Crippen molar-refractivity contribution in [3.05, 3.63) is 63.8 Å². The van der Waals surface area contributed by atoms with Crippen LogP contribution in [0.2, 0.25) is 5.02 Å². The second kappa shape index (κ2) is 6.22. The summed E-state index contributed by atoms with van der Waals surface area (Å²) in [6.45, 7) is 1.38. The molecule has 0 atom stereocenters. The summed E-state index contributed by atoms with van der Waals surface area (Å²) in [4.78, 5) is 5.41. The van der Waals surface area contributed by atoms with Crippen LogP contribution in [-0.4, -0.2) is 4.98 Å². The predicted molar refractivity (Wildman–Crippen MR) is 81.8 cm³/mol. The highest BCUT2D eigenvalue weighted by Crippen LogP contribution is 2.24. The Balaban J connectivity index is 1.67. The minimum atomic E-state index is 0.648. The number of nitrogens with zero attached hydrogens (tertiary/aromatic N) is 1. The Hall–Kier alpha value is -1.62. The van der Waals surface area contributed by atoms with Gasteiger partial charge in [-0.2, -0.15) is 0 Å². The first-order chi connectivity index (χ1) is 9.84. The molecule has 2 aromatic heterocycles. The number of oxazole rings is 1. The summed E-state index contributed by atoms with van der Waals surface area (Å²) in [6, 6.07) is 11.9.